The Labute approximate surface area is 331 Å². The first kappa shape index (κ1) is 38.0. The average molecular weight is 775 g/mol. The van der Waals surface area contributed by atoms with Crippen molar-refractivity contribution in [3.63, 3.8) is 0 Å². The molecule has 0 radical (unpaired) electrons. The zero-order chi connectivity index (χ0) is 40.0. The number of imidazole rings is 2. The van der Waals surface area contributed by atoms with Crippen LogP contribution < -0.4 is 10.6 Å². The highest BCUT2D eigenvalue weighted by Crippen LogP contribution is 2.50. The van der Waals surface area contributed by atoms with E-state index in [0.717, 1.165) is 87.9 Å². The van der Waals surface area contributed by atoms with Crippen molar-refractivity contribution < 1.29 is 28.7 Å². The van der Waals surface area contributed by atoms with Gasteiger partial charge < -0.3 is 39.9 Å². The lowest BCUT2D eigenvalue weighted by molar-refractivity contribution is -0.138. The molecule has 2 bridgehead atoms. The summed E-state index contributed by atoms with van der Waals surface area (Å²) < 4.78 is 9.56. The first-order valence-electron chi connectivity index (χ1n) is 20.0. The summed E-state index contributed by atoms with van der Waals surface area (Å²) in [6, 6.07) is 17.3. The van der Waals surface area contributed by atoms with E-state index in [1.165, 1.54) is 14.2 Å². The number of rotatable bonds is 10. The number of carbonyl (C=O) groups excluding carboxylic acids is 4. The van der Waals surface area contributed by atoms with Crippen molar-refractivity contribution in [2.45, 2.75) is 89.5 Å². The van der Waals surface area contributed by atoms with Crippen LogP contribution in [0.5, 0.6) is 0 Å². The second-order valence-electron chi connectivity index (χ2n) is 15.8. The van der Waals surface area contributed by atoms with Gasteiger partial charge in [0.25, 0.3) is 0 Å². The molecule has 0 spiro atoms. The number of methoxy groups -OCH3 is 2. The number of aromatic amines is 2. The molecule has 3 aliphatic rings. The third-order valence-corrected chi connectivity index (χ3v) is 12.2. The predicted octanol–water partition coefficient (Wildman–Crippen LogP) is 7.00. The Morgan fingerprint density at radius 2 is 1.60 bits per heavy atom. The van der Waals surface area contributed by atoms with Gasteiger partial charge in [0.15, 0.2) is 0 Å². The second kappa shape index (κ2) is 15.5. The van der Waals surface area contributed by atoms with Crippen molar-refractivity contribution in [3.8, 4) is 22.4 Å². The molecule has 3 fully saturated rings. The van der Waals surface area contributed by atoms with E-state index >= 15 is 0 Å². The number of hydrogen-bond acceptors (Lipinski definition) is 8. The second-order valence-corrected chi connectivity index (χ2v) is 15.8. The molecular formula is C43H50N8O6. The third-order valence-electron chi connectivity index (χ3n) is 12.2. The summed E-state index contributed by atoms with van der Waals surface area (Å²) >= 11 is 0. The number of nitrogens with zero attached hydrogens (tertiary/aromatic N) is 4. The molecule has 2 aromatic heterocycles. The lowest BCUT2D eigenvalue weighted by atomic mass is 9.97. The third kappa shape index (κ3) is 7.06. The number of fused-ring (bicyclic) bond motifs is 5. The number of likely N-dealkylation sites (tertiary alicyclic amines) is 2. The predicted molar refractivity (Wildman–Crippen MR) is 215 cm³/mol. The summed E-state index contributed by atoms with van der Waals surface area (Å²) in [5, 5.41) is 7.49. The van der Waals surface area contributed by atoms with E-state index in [2.05, 4.69) is 69.1 Å². The minimum atomic E-state index is -0.694. The fourth-order valence-electron chi connectivity index (χ4n) is 9.20. The van der Waals surface area contributed by atoms with Crippen LogP contribution in [0.25, 0.3) is 44.2 Å². The van der Waals surface area contributed by atoms with Gasteiger partial charge in [-0.2, -0.15) is 0 Å². The Balaban J connectivity index is 0.995. The van der Waals surface area contributed by atoms with Crippen molar-refractivity contribution in [3.05, 3.63) is 72.4 Å². The summed E-state index contributed by atoms with van der Waals surface area (Å²) in [7, 11) is 2.60. The number of nitrogens with one attached hydrogen (secondary N) is 4. The molecule has 1 aliphatic carbocycles. The van der Waals surface area contributed by atoms with Crippen LogP contribution in [0, 0.1) is 11.8 Å². The van der Waals surface area contributed by atoms with Crippen molar-refractivity contribution in [2.24, 2.45) is 11.8 Å². The summed E-state index contributed by atoms with van der Waals surface area (Å²) in [5.41, 5.74) is 5.77. The molecule has 14 nitrogen and oxygen atoms in total. The maximum atomic E-state index is 13.7. The van der Waals surface area contributed by atoms with Gasteiger partial charge in [0.1, 0.15) is 23.7 Å². The molecule has 2 saturated heterocycles. The van der Waals surface area contributed by atoms with E-state index in [4.69, 9.17) is 19.4 Å². The maximum Gasteiger partial charge on any atom is 0.407 e. The van der Waals surface area contributed by atoms with Crippen molar-refractivity contribution in [2.75, 3.05) is 20.8 Å². The van der Waals surface area contributed by atoms with Crippen LogP contribution in [-0.4, -0.2) is 92.6 Å². The standard InChI is InChI=1S/C43H50N8O6/c1-6-31(47-42(54)56-4)40(52)51-29-16-13-28(21-29)37(51)39-44-22-33(46-39)25-11-9-24(10-12-25)26-14-17-30-27(20-26)15-18-32-36(30)48-38(45-32)34-8-7-19-50(34)41(53)35(23(2)3)49-43(55)57-5/h9-12,14-15,17-18,20,22-23,28-29,31,34-35,37H,6-8,13,16,19,21H2,1-5H3,(H,44,46)(H,45,48)(H,47,54)(H,49,55)/t28?,29-,31+,34+,35+,37+/m1/s1. The average Bonchev–Trinajstić information content (AvgIpc) is 4.09. The largest absolute Gasteiger partial charge is 0.453 e. The highest BCUT2D eigenvalue weighted by molar-refractivity contribution is 6.05. The molecule has 14 heteroatoms. The van der Waals surface area contributed by atoms with Crippen LogP contribution in [0.1, 0.15) is 83.0 Å². The molecule has 6 atom stereocenters. The van der Waals surface area contributed by atoms with Crippen molar-refractivity contribution in [1.82, 2.24) is 40.4 Å². The van der Waals surface area contributed by atoms with Crippen LogP contribution in [-0.2, 0) is 19.1 Å². The zero-order valence-electron chi connectivity index (χ0n) is 33.0. The topological polar surface area (TPSA) is 175 Å². The van der Waals surface area contributed by atoms with Gasteiger partial charge >= 0.3 is 12.2 Å². The normalized spacial score (nSPS) is 21.3. The number of piperidine rings is 1. The van der Waals surface area contributed by atoms with Crippen LogP contribution >= 0.6 is 0 Å². The molecule has 4 N–H and O–H groups in total. The SMILES string of the molecule is CC[C@H](NC(=O)OC)C(=O)N1[C@@H]2CCC(C2)[C@H]1c1ncc(-c2ccc(-c3ccc4c(ccc5[nH]c([C@@H]6CCCN6C(=O)[C@@H](NC(=O)OC)C(C)C)nc54)c3)cc2)[nH]1. The number of H-pyrrole nitrogens is 2. The molecule has 3 aromatic carbocycles. The number of carbonyl (C=O) groups is 4. The van der Waals surface area contributed by atoms with Crippen LogP contribution in [0.2, 0.25) is 0 Å². The number of alkyl carbamates (subject to hydrolysis) is 2. The van der Waals surface area contributed by atoms with E-state index in [1.807, 2.05) is 42.8 Å². The minimum absolute atomic E-state index is 0.0927. The highest BCUT2D eigenvalue weighted by Gasteiger charge is 2.51. The highest BCUT2D eigenvalue weighted by atomic mass is 16.5. The van der Waals surface area contributed by atoms with Gasteiger partial charge in [0.2, 0.25) is 11.8 Å². The molecular weight excluding hydrogens is 725 g/mol. The van der Waals surface area contributed by atoms with Gasteiger partial charge in [-0.15, -0.1) is 0 Å². The summed E-state index contributed by atoms with van der Waals surface area (Å²) in [4.78, 5) is 72.1. The molecule has 298 valence electrons. The fourth-order valence-corrected chi connectivity index (χ4v) is 9.20. The summed E-state index contributed by atoms with van der Waals surface area (Å²) in [5.74, 6) is 1.49. The smallest absolute Gasteiger partial charge is 0.407 e. The Kier molecular flexibility index (Phi) is 10.4. The lowest BCUT2D eigenvalue weighted by Gasteiger charge is -2.36. The Morgan fingerprint density at radius 1 is 0.860 bits per heavy atom. The van der Waals surface area contributed by atoms with E-state index < -0.39 is 24.3 Å². The number of benzene rings is 3. The minimum Gasteiger partial charge on any atom is -0.453 e. The molecule has 4 heterocycles. The number of ether oxygens (including phenoxy) is 2. The Morgan fingerprint density at radius 3 is 2.33 bits per heavy atom. The van der Waals surface area contributed by atoms with Crippen LogP contribution in [0.4, 0.5) is 9.59 Å². The van der Waals surface area contributed by atoms with Gasteiger partial charge in [-0.25, -0.2) is 19.6 Å². The van der Waals surface area contributed by atoms with E-state index in [0.29, 0.717) is 18.9 Å². The fraction of sp³-hybridized carbons (Fsp3) is 0.442. The number of amides is 4. The Hall–Kier alpha value is -5.92. The quantitative estimate of drug-likeness (QED) is 0.117. The van der Waals surface area contributed by atoms with Gasteiger partial charge in [-0.3, -0.25) is 9.59 Å². The Bertz CT molecular complexity index is 2320. The van der Waals surface area contributed by atoms with Gasteiger partial charge in [0, 0.05) is 18.0 Å². The first-order chi connectivity index (χ1) is 27.6. The maximum absolute atomic E-state index is 13.7. The molecule has 8 rings (SSSR count). The van der Waals surface area contributed by atoms with Crippen molar-refractivity contribution in [1.29, 1.82) is 0 Å². The van der Waals surface area contributed by atoms with E-state index in [-0.39, 0.29) is 35.9 Å². The summed E-state index contributed by atoms with van der Waals surface area (Å²) in [6.45, 7) is 6.29. The summed E-state index contributed by atoms with van der Waals surface area (Å²) in [6.07, 6.45) is 5.64. The molecule has 1 unspecified atom stereocenters. The number of aromatic nitrogens is 4. The molecule has 2 aliphatic heterocycles. The molecule has 57 heavy (non-hydrogen) atoms. The van der Waals surface area contributed by atoms with Gasteiger partial charge in [-0.05, 0) is 84.6 Å². The monoisotopic (exact) mass is 774 g/mol. The van der Waals surface area contributed by atoms with Crippen molar-refractivity contribution >= 4 is 45.8 Å². The van der Waals surface area contributed by atoms with E-state index in [1.54, 1.807) is 0 Å². The zero-order valence-corrected chi connectivity index (χ0v) is 33.0. The van der Waals surface area contributed by atoms with Gasteiger partial charge in [-0.1, -0.05) is 63.2 Å². The van der Waals surface area contributed by atoms with Crippen LogP contribution in [0.3, 0.4) is 0 Å². The van der Waals surface area contributed by atoms with E-state index in [9.17, 15) is 19.2 Å². The molecule has 1 saturated carbocycles. The molecule has 5 aromatic rings. The lowest BCUT2D eigenvalue weighted by Crippen LogP contribution is -2.51. The molecule has 4 amide bonds. The first-order valence-corrected chi connectivity index (χ1v) is 20.0. The van der Waals surface area contributed by atoms with Gasteiger partial charge in [0.05, 0.1) is 49.2 Å². The number of hydrogen-bond donors (Lipinski definition) is 4. The van der Waals surface area contributed by atoms with Crippen LogP contribution in [0.15, 0.2) is 60.8 Å².